The van der Waals surface area contributed by atoms with Crippen molar-refractivity contribution in [1.82, 2.24) is 0 Å². The lowest BCUT2D eigenvalue weighted by atomic mass is 9.97. The molecule has 0 aliphatic rings. The van der Waals surface area contributed by atoms with Gasteiger partial charge in [-0.05, 0) is 55.7 Å². The van der Waals surface area contributed by atoms with Gasteiger partial charge < -0.3 is 9.47 Å². The molecule has 0 bridgehead atoms. The van der Waals surface area contributed by atoms with Crippen molar-refractivity contribution < 1.29 is 19.1 Å². The first-order chi connectivity index (χ1) is 12.3. The van der Waals surface area contributed by atoms with E-state index < -0.39 is 0 Å². The molecule has 0 saturated heterocycles. The van der Waals surface area contributed by atoms with Gasteiger partial charge in [0.25, 0.3) is 0 Å². The highest BCUT2D eigenvalue weighted by atomic mass is 16.5. The van der Waals surface area contributed by atoms with Crippen LogP contribution in [0.1, 0.15) is 37.5 Å². The van der Waals surface area contributed by atoms with Gasteiger partial charge in [0, 0.05) is 0 Å². The van der Waals surface area contributed by atoms with Gasteiger partial charge in [-0.2, -0.15) is 0 Å². The summed E-state index contributed by atoms with van der Waals surface area (Å²) in [5.41, 5.74) is 3.13. The minimum absolute atomic E-state index is 0.174. The van der Waals surface area contributed by atoms with Crippen LogP contribution in [0.4, 0.5) is 0 Å². The molecule has 0 aromatic heterocycles. The van der Waals surface area contributed by atoms with Crippen molar-refractivity contribution in [2.45, 2.75) is 41.0 Å². The van der Waals surface area contributed by atoms with Crippen LogP contribution in [-0.2, 0) is 16.0 Å². The molecule has 4 heteroatoms. The lowest BCUT2D eigenvalue weighted by Gasteiger charge is -2.14. The van der Waals surface area contributed by atoms with Gasteiger partial charge in [0.05, 0.1) is 11.8 Å². The summed E-state index contributed by atoms with van der Waals surface area (Å²) >= 11 is 0. The number of rotatable bonds is 6. The van der Waals surface area contributed by atoms with E-state index in [1.807, 2.05) is 45.0 Å². The molecule has 138 valence electrons. The zero-order valence-corrected chi connectivity index (χ0v) is 16.0. The smallest absolute Gasteiger partial charge is 0.314 e. The molecule has 1 atom stereocenters. The fraction of sp³-hybridized carbons (Fsp3) is 0.364. The highest BCUT2D eigenvalue weighted by Crippen LogP contribution is 2.22. The predicted octanol–water partition coefficient (Wildman–Crippen LogP) is 4.65. The van der Waals surface area contributed by atoms with Crippen LogP contribution < -0.4 is 9.47 Å². The number of hydrogen-bond acceptors (Lipinski definition) is 4. The second-order valence-corrected chi connectivity index (χ2v) is 7.00. The molecule has 0 saturated carbocycles. The van der Waals surface area contributed by atoms with Gasteiger partial charge in [-0.1, -0.05) is 44.5 Å². The molecule has 0 N–H and O–H groups in total. The van der Waals surface area contributed by atoms with Crippen LogP contribution >= 0.6 is 0 Å². The molecular formula is C22H26O4. The van der Waals surface area contributed by atoms with Crippen molar-refractivity contribution in [2.75, 3.05) is 0 Å². The molecule has 26 heavy (non-hydrogen) atoms. The third-order valence-electron chi connectivity index (χ3n) is 4.17. The number of esters is 2. The van der Waals surface area contributed by atoms with Gasteiger partial charge in [-0.25, -0.2) is 0 Å². The molecule has 0 aliphatic heterocycles. The molecule has 1 unspecified atom stereocenters. The van der Waals surface area contributed by atoms with Crippen molar-refractivity contribution in [2.24, 2.45) is 11.8 Å². The Morgan fingerprint density at radius 1 is 0.846 bits per heavy atom. The van der Waals surface area contributed by atoms with Crippen LogP contribution in [0.15, 0.2) is 42.5 Å². The number of hydrogen-bond donors (Lipinski definition) is 0. The zero-order valence-electron chi connectivity index (χ0n) is 16.0. The third kappa shape index (κ3) is 5.45. The van der Waals surface area contributed by atoms with E-state index in [-0.39, 0.29) is 23.8 Å². The summed E-state index contributed by atoms with van der Waals surface area (Å²) in [6.45, 7) is 9.37. The largest absolute Gasteiger partial charge is 0.426 e. The molecule has 0 amide bonds. The molecule has 2 aromatic rings. The molecular weight excluding hydrogens is 328 g/mol. The van der Waals surface area contributed by atoms with Crippen LogP contribution in [-0.4, -0.2) is 11.9 Å². The number of ether oxygens (including phenoxy) is 2. The van der Waals surface area contributed by atoms with E-state index in [1.54, 1.807) is 32.0 Å². The van der Waals surface area contributed by atoms with Gasteiger partial charge >= 0.3 is 11.9 Å². The highest BCUT2D eigenvalue weighted by molar-refractivity contribution is 5.75. The maximum Gasteiger partial charge on any atom is 0.314 e. The first-order valence-electron chi connectivity index (χ1n) is 8.86. The quantitative estimate of drug-likeness (QED) is 0.560. The monoisotopic (exact) mass is 354 g/mol. The molecule has 4 nitrogen and oxygen atoms in total. The van der Waals surface area contributed by atoms with E-state index in [1.165, 1.54) is 0 Å². The molecule has 2 aromatic carbocycles. The summed E-state index contributed by atoms with van der Waals surface area (Å²) in [6.07, 6.45) is 0.564. The summed E-state index contributed by atoms with van der Waals surface area (Å²) in [5, 5.41) is 0. The number of benzene rings is 2. The van der Waals surface area contributed by atoms with Crippen LogP contribution in [0.2, 0.25) is 0 Å². The number of aryl methyl sites for hydroxylation is 2. The van der Waals surface area contributed by atoms with E-state index in [2.05, 4.69) is 0 Å². The summed E-state index contributed by atoms with van der Waals surface area (Å²) in [5.74, 6) is 0.112. The average molecular weight is 354 g/mol. The Balaban J connectivity index is 1.99. The third-order valence-corrected chi connectivity index (χ3v) is 4.17. The normalized spacial score (nSPS) is 11.9. The fourth-order valence-corrected chi connectivity index (χ4v) is 2.43. The molecule has 0 aliphatic carbocycles. The Morgan fingerprint density at radius 2 is 1.42 bits per heavy atom. The maximum atomic E-state index is 12.3. The van der Waals surface area contributed by atoms with Crippen molar-refractivity contribution in [3.63, 3.8) is 0 Å². The van der Waals surface area contributed by atoms with E-state index >= 15 is 0 Å². The van der Waals surface area contributed by atoms with Gasteiger partial charge in [0.1, 0.15) is 11.5 Å². The molecule has 0 fully saturated rings. The fourth-order valence-electron chi connectivity index (χ4n) is 2.43. The van der Waals surface area contributed by atoms with Crippen LogP contribution in [0, 0.1) is 25.7 Å². The highest BCUT2D eigenvalue weighted by Gasteiger charge is 2.18. The van der Waals surface area contributed by atoms with Crippen molar-refractivity contribution in [3.05, 3.63) is 59.2 Å². The second-order valence-electron chi connectivity index (χ2n) is 7.00. The van der Waals surface area contributed by atoms with Gasteiger partial charge in [0.2, 0.25) is 0 Å². The topological polar surface area (TPSA) is 52.6 Å². The summed E-state index contributed by atoms with van der Waals surface area (Å²) in [7, 11) is 0. The average Bonchev–Trinajstić information content (AvgIpc) is 2.59. The van der Waals surface area contributed by atoms with E-state index in [0.717, 1.165) is 16.7 Å². The van der Waals surface area contributed by atoms with Gasteiger partial charge in [-0.3, -0.25) is 9.59 Å². The van der Waals surface area contributed by atoms with Crippen LogP contribution in [0.3, 0.4) is 0 Å². The second kappa shape index (κ2) is 8.65. The minimum atomic E-state index is -0.279. The van der Waals surface area contributed by atoms with Gasteiger partial charge in [0.15, 0.2) is 0 Å². The summed E-state index contributed by atoms with van der Waals surface area (Å²) in [4.78, 5) is 24.0. The van der Waals surface area contributed by atoms with E-state index in [9.17, 15) is 9.59 Å². The van der Waals surface area contributed by atoms with Gasteiger partial charge in [-0.15, -0.1) is 0 Å². The standard InChI is InChI=1S/C22H26O4/c1-14(2)21(23)26-20-11-8-18(16(4)13-20)12-17(5)22(24)25-19-9-6-15(3)7-10-19/h6-11,13-14,17H,12H2,1-5H3. The Hall–Kier alpha value is -2.62. The van der Waals surface area contributed by atoms with Crippen LogP contribution in [0.25, 0.3) is 0 Å². The zero-order chi connectivity index (χ0) is 19.3. The summed E-state index contributed by atoms with van der Waals surface area (Å²) < 4.78 is 10.8. The number of carbonyl (C=O) groups is 2. The summed E-state index contributed by atoms with van der Waals surface area (Å²) in [6, 6.07) is 12.9. The number of carbonyl (C=O) groups excluding carboxylic acids is 2. The minimum Gasteiger partial charge on any atom is -0.426 e. The Kier molecular flexibility index (Phi) is 6.56. The molecule has 0 spiro atoms. The van der Waals surface area contributed by atoms with Crippen LogP contribution in [0.5, 0.6) is 11.5 Å². The first-order valence-corrected chi connectivity index (χ1v) is 8.86. The lowest BCUT2D eigenvalue weighted by molar-refractivity contribution is -0.138. The predicted molar refractivity (Wildman–Crippen MR) is 101 cm³/mol. The van der Waals surface area contributed by atoms with E-state index in [0.29, 0.717) is 17.9 Å². The Bertz CT molecular complexity index is 775. The maximum absolute atomic E-state index is 12.3. The van der Waals surface area contributed by atoms with Crippen molar-refractivity contribution in [1.29, 1.82) is 0 Å². The molecule has 2 rings (SSSR count). The molecule has 0 heterocycles. The van der Waals surface area contributed by atoms with E-state index in [4.69, 9.17) is 9.47 Å². The molecule has 0 radical (unpaired) electrons. The Labute approximate surface area is 155 Å². The SMILES string of the molecule is Cc1ccc(OC(=O)C(C)Cc2ccc(OC(=O)C(C)C)cc2C)cc1. The lowest BCUT2D eigenvalue weighted by Crippen LogP contribution is -2.20. The van der Waals surface area contributed by atoms with Crippen molar-refractivity contribution >= 4 is 11.9 Å². The Morgan fingerprint density at radius 3 is 2.00 bits per heavy atom. The van der Waals surface area contributed by atoms with Crippen molar-refractivity contribution in [3.8, 4) is 11.5 Å². The first kappa shape index (κ1) is 19.7.